The summed E-state index contributed by atoms with van der Waals surface area (Å²) in [6.45, 7) is 19.6. The maximum absolute atomic E-state index is 11.3. The lowest BCUT2D eigenvalue weighted by Gasteiger charge is -2.20. The molecule has 0 fully saturated rings. The summed E-state index contributed by atoms with van der Waals surface area (Å²) >= 11 is 0. The lowest BCUT2D eigenvalue weighted by molar-refractivity contribution is 1.15. The summed E-state index contributed by atoms with van der Waals surface area (Å²) in [4.78, 5) is 0. The molecule has 0 saturated carbocycles. The molecule has 0 aliphatic carbocycles. The molecule has 0 aliphatic heterocycles. The summed E-state index contributed by atoms with van der Waals surface area (Å²) in [7, 11) is 0. The van der Waals surface area contributed by atoms with Crippen molar-refractivity contribution in [2.45, 2.75) is 62.3 Å². The molecule has 0 aliphatic rings. The number of nitrogens with zero attached hydrogens (tertiary/aromatic N) is 3. The number of aromatic nitrogens is 2. The van der Waals surface area contributed by atoms with Gasteiger partial charge in [-0.25, -0.2) is 0 Å². The first kappa shape index (κ1) is 45.4. The standard InChI is InChI=1S/C70H57N3/c1-41-13-18-65(72-66-19-14-50(55-27-42(2)23-43(3)28-55)36-61(66)62-37-51(15-20-67(62)72)56-29-44(4)24-45(5)30-56)60(35-41)59-12-10-11-54(40-71)70(59)73-68-21-16-52(57-31-46(6)25-47(7)32-57)38-63(68)64-39-53(17-22-69(64)73)58-33-48(8)26-49(9)34-58/h10-39H,1-9H3. The Kier molecular flexibility index (Phi) is 10.9. The van der Waals surface area contributed by atoms with Crippen molar-refractivity contribution in [3.05, 3.63) is 238 Å². The number of nitriles is 1. The van der Waals surface area contributed by atoms with Crippen LogP contribution in [0.1, 0.15) is 55.6 Å². The highest BCUT2D eigenvalue weighted by atomic mass is 15.0. The van der Waals surface area contributed by atoms with E-state index in [1.807, 2.05) is 12.1 Å². The largest absolute Gasteiger partial charge is 0.309 e. The first-order chi connectivity index (χ1) is 35.3. The van der Waals surface area contributed by atoms with E-state index in [-0.39, 0.29) is 0 Å². The van der Waals surface area contributed by atoms with Crippen LogP contribution >= 0.6 is 0 Å². The van der Waals surface area contributed by atoms with Gasteiger partial charge in [-0.2, -0.15) is 5.26 Å². The van der Waals surface area contributed by atoms with E-state index in [0.29, 0.717) is 5.56 Å². The molecular formula is C70H57N3. The van der Waals surface area contributed by atoms with Crippen LogP contribution in [-0.2, 0) is 0 Å². The Bertz CT molecular complexity index is 4020. The van der Waals surface area contributed by atoms with Crippen LogP contribution in [0.15, 0.2) is 182 Å². The van der Waals surface area contributed by atoms with Crippen LogP contribution in [0, 0.1) is 73.6 Å². The quantitative estimate of drug-likeness (QED) is 0.157. The molecule has 0 radical (unpaired) electrons. The minimum absolute atomic E-state index is 0.610. The molecule has 73 heavy (non-hydrogen) atoms. The first-order valence-corrected chi connectivity index (χ1v) is 25.4. The lowest BCUT2D eigenvalue weighted by Crippen LogP contribution is -2.04. The Morgan fingerprint density at radius 3 is 0.973 bits per heavy atom. The number of hydrogen-bond acceptors (Lipinski definition) is 1. The van der Waals surface area contributed by atoms with Gasteiger partial charge < -0.3 is 9.13 Å². The van der Waals surface area contributed by atoms with Gasteiger partial charge in [0.1, 0.15) is 6.07 Å². The van der Waals surface area contributed by atoms with E-state index < -0.39 is 0 Å². The Balaban J connectivity index is 1.14. The van der Waals surface area contributed by atoms with Crippen molar-refractivity contribution in [1.29, 1.82) is 5.26 Å². The molecule has 2 aromatic heterocycles. The van der Waals surface area contributed by atoms with Gasteiger partial charge in [-0.05, 0) is 174 Å². The van der Waals surface area contributed by atoms with E-state index in [4.69, 9.17) is 0 Å². The smallest absolute Gasteiger partial charge is 0.101 e. The Labute approximate surface area is 428 Å². The number of aryl methyl sites for hydroxylation is 9. The van der Waals surface area contributed by atoms with E-state index >= 15 is 0 Å². The Morgan fingerprint density at radius 1 is 0.288 bits per heavy atom. The molecule has 12 aromatic rings. The van der Waals surface area contributed by atoms with E-state index in [0.717, 1.165) is 72.0 Å². The molecule has 0 atom stereocenters. The Morgan fingerprint density at radius 2 is 0.630 bits per heavy atom. The van der Waals surface area contributed by atoms with Crippen LogP contribution in [0.2, 0.25) is 0 Å². The normalized spacial score (nSPS) is 11.6. The summed E-state index contributed by atoms with van der Waals surface area (Å²) in [6, 6.07) is 70.7. The molecule has 0 spiro atoms. The van der Waals surface area contributed by atoms with E-state index in [1.54, 1.807) is 0 Å². The maximum Gasteiger partial charge on any atom is 0.101 e. The number of benzene rings is 10. The van der Waals surface area contributed by atoms with Gasteiger partial charge in [0, 0.05) is 32.7 Å². The van der Waals surface area contributed by atoms with Crippen molar-refractivity contribution in [1.82, 2.24) is 9.13 Å². The number of hydrogen-bond donors (Lipinski definition) is 0. The van der Waals surface area contributed by atoms with Gasteiger partial charge >= 0.3 is 0 Å². The van der Waals surface area contributed by atoms with Crippen molar-refractivity contribution in [2.75, 3.05) is 0 Å². The maximum atomic E-state index is 11.3. The highest BCUT2D eigenvalue weighted by molar-refractivity contribution is 6.14. The third-order valence-corrected chi connectivity index (χ3v) is 14.8. The van der Waals surface area contributed by atoms with Crippen LogP contribution in [0.3, 0.4) is 0 Å². The third-order valence-electron chi connectivity index (χ3n) is 14.8. The average molecular weight is 940 g/mol. The van der Waals surface area contributed by atoms with E-state index in [2.05, 4.69) is 247 Å². The van der Waals surface area contributed by atoms with Gasteiger partial charge in [0.2, 0.25) is 0 Å². The molecule has 0 unspecified atom stereocenters. The molecule has 3 heteroatoms. The van der Waals surface area contributed by atoms with Crippen LogP contribution < -0.4 is 0 Å². The molecule has 0 saturated heterocycles. The summed E-state index contributed by atoms with van der Waals surface area (Å²) in [5.74, 6) is 0. The monoisotopic (exact) mass is 939 g/mol. The molecule has 0 bridgehead atoms. The predicted octanol–water partition coefficient (Wildman–Crippen LogP) is 18.9. The summed E-state index contributed by atoms with van der Waals surface area (Å²) in [5, 5.41) is 15.9. The number of fused-ring (bicyclic) bond motifs is 6. The van der Waals surface area contributed by atoms with Gasteiger partial charge in [-0.3, -0.25) is 0 Å². The fourth-order valence-corrected chi connectivity index (χ4v) is 12.0. The fourth-order valence-electron chi connectivity index (χ4n) is 12.0. The number of para-hydroxylation sites is 1. The molecule has 10 aromatic carbocycles. The SMILES string of the molecule is Cc1cc(C)cc(-c2ccc3c(c2)c2cc(-c4cc(C)cc(C)c4)ccc2n3-c2ccc(C)cc2-c2cccc(C#N)c2-n2c3ccc(-c4cc(C)cc(C)c4)cc3c3cc(-c4cc(C)cc(C)c4)ccc32)c1. The molecule has 352 valence electrons. The molecule has 2 heterocycles. The number of rotatable bonds is 7. The summed E-state index contributed by atoms with van der Waals surface area (Å²) < 4.78 is 4.82. The minimum Gasteiger partial charge on any atom is -0.309 e. The van der Waals surface area contributed by atoms with Crippen molar-refractivity contribution in [3.63, 3.8) is 0 Å². The topological polar surface area (TPSA) is 33.6 Å². The van der Waals surface area contributed by atoms with E-state index in [9.17, 15) is 5.26 Å². The summed E-state index contributed by atoms with van der Waals surface area (Å²) in [5.41, 5.74) is 29.5. The molecule has 3 nitrogen and oxygen atoms in total. The van der Waals surface area contributed by atoms with Crippen LogP contribution in [-0.4, -0.2) is 9.13 Å². The molecule has 12 rings (SSSR count). The highest BCUT2D eigenvalue weighted by Crippen LogP contribution is 2.45. The van der Waals surface area contributed by atoms with Crippen LogP contribution in [0.25, 0.3) is 111 Å². The van der Waals surface area contributed by atoms with Crippen molar-refractivity contribution < 1.29 is 0 Å². The average Bonchev–Trinajstić information content (AvgIpc) is 3.86. The van der Waals surface area contributed by atoms with Gasteiger partial charge in [-0.1, -0.05) is 165 Å². The second kappa shape index (κ2) is 17.5. The highest BCUT2D eigenvalue weighted by Gasteiger charge is 2.24. The van der Waals surface area contributed by atoms with Crippen molar-refractivity contribution in [2.24, 2.45) is 0 Å². The van der Waals surface area contributed by atoms with Crippen molar-refractivity contribution in [3.8, 4) is 73.1 Å². The zero-order chi connectivity index (χ0) is 50.4. The van der Waals surface area contributed by atoms with E-state index in [1.165, 1.54) is 88.7 Å². The molecule has 0 N–H and O–H groups in total. The second-order valence-corrected chi connectivity index (χ2v) is 20.9. The van der Waals surface area contributed by atoms with Gasteiger partial charge in [-0.15, -0.1) is 0 Å². The first-order valence-electron chi connectivity index (χ1n) is 25.4. The molecular weight excluding hydrogens is 883 g/mol. The zero-order valence-electron chi connectivity index (χ0n) is 43.2. The van der Waals surface area contributed by atoms with Gasteiger partial charge in [0.15, 0.2) is 0 Å². The van der Waals surface area contributed by atoms with Crippen LogP contribution in [0.5, 0.6) is 0 Å². The van der Waals surface area contributed by atoms with Crippen LogP contribution in [0.4, 0.5) is 0 Å². The van der Waals surface area contributed by atoms with Crippen molar-refractivity contribution >= 4 is 43.6 Å². The van der Waals surface area contributed by atoms with Gasteiger partial charge in [0.25, 0.3) is 0 Å². The lowest BCUT2D eigenvalue weighted by atomic mass is 9.96. The Hall–Kier alpha value is -8.71. The fraction of sp³-hybridized carbons (Fsp3) is 0.129. The minimum atomic E-state index is 0.610. The predicted molar refractivity (Wildman–Crippen MR) is 310 cm³/mol. The third kappa shape index (κ3) is 8.01. The zero-order valence-corrected chi connectivity index (χ0v) is 43.2. The molecule has 0 amide bonds. The summed E-state index contributed by atoms with van der Waals surface area (Å²) in [6.07, 6.45) is 0. The second-order valence-electron chi connectivity index (χ2n) is 20.9. The van der Waals surface area contributed by atoms with Gasteiger partial charge in [0.05, 0.1) is 39.0 Å².